The molecular formula is C12H13FN2O2. The van der Waals surface area contributed by atoms with Crippen molar-refractivity contribution in [3.05, 3.63) is 35.6 Å². The van der Waals surface area contributed by atoms with Crippen LogP contribution in [0.4, 0.5) is 4.39 Å². The molecule has 2 amide bonds. The van der Waals surface area contributed by atoms with E-state index in [2.05, 4.69) is 10.6 Å². The van der Waals surface area contributed by atoms with E-state index in [1.54, 1.807) is 12.1 Å². The van der Waals surface area contributed by atoms with Crippen LogP contribution in [0, 0.1) is 5.82 Å². The minimum absolute atomic E-state index is 0.197. The quantitative estimate of drug-likeness (QED) is 0.743. The lowest BCUT2D eigenvalue weighted by molar-refractivity contribution is -0.125. The number of carbonyl (C=O) groups is 2. The van der Waals surface area contributed by atoms with Gasteiger partial charge in [-0.3, -0.25) is 14.9 Å². The van der Waals surface area contributed by atoms with E-state index in [1.807, 2.05) is 0 Å². The Labute approximate surface area is 98.2 Å². The maximum absolute atomic E-state index is 12.6. The van der Waals surface area contributed by atoms with Gasteiger partial charge >= 0.3 is 0 Å². The number of carbonyl (C=O) groups excluding carboxylic acids is 2. The van der Waals surface area contributed by atoms with Crippen molar-refractivity contribution in [2.24, 2.45) is 0 Å². The second-order valence-electron chi connectivity index (χ2n) is 4.00. The average molecular weight is 236 g/mol. The van der Waals surface area contributed by atoms with Gasteiger partial charge < -0.3 is 5.32 Å². The lowest BCUT2D eigenvalue weighted by Gasteiger charge is -2.08. The second kappa shape index (κ2) is 5.05. The largest absolute Gasteiger partial charge is 0.305 e. The number of hydrogen-bond donors (Lipinski definition) is 2. The highest BCUT2D eigenvalue weighted by atomic mass is 19.1. The number of imide groups is 1. The van der Waals surface area contributed by atoms with Gasteiger partial charge in [-0.05, 0) is 30.7 Å². The fourth-order valence-corrected chi connectivity index (χ4v) is 1.76. The summed E-state index contributed by atoms with van der Waals surface area (Å²) in [6, 6.07) is 5.79. The molecule has 0 radical (unpaired) electrons. The van der Waals surface area contributed by atoms with Crippen LogP contribution in [-0.4, -0.2) is 24.4 Å². The third-order valence-electron chi connectivity index (χ3n) is 2.69. The summed E-state index contributed by atoms with van der Waals surface area (Å²) in [6.45, 7) is 0.580. The van der Waals surface area contributed by atoms with Crippen LogP contribution in [0.25, 0.3) is 0 Å². The number of benzene rings is 1. The highest BCUT2D eigenvalue weighted by molar-refractivity contribution is 6.05. The Balaban J connectivity index is 1.78. The molecule has 1 unspecified atom stereocenters. The molecule has 0 bridgehead atoms. The van der Waals surface area contributed by atoms with Crippen LogP contribution in [0.15, 0.2) is 24.3 Å². The van der Waals surface area contributed by atoms with E-state index < -0.39 is 6.04 Å². The van der Waals surface area contributed by atoms with Crippen molar-refractivity contribution in [3.63, 3.8) is 0 Å². The monoisotopic (exact) mass is 236 g/mol. The Morgan fingerprint density at radius 2 is 2.00 bits per heavy atom. The first-order valence-electron chi connectivity index (χ1n) is 5.46. The zero-order valence-corrected chi connectivity index (χ0v) is 9.20. The van der Waals surface area contributed by atoms with Crippen LogP contribution >= 0.6 is 0 Å². The summed E-state index contributed by atoms with van der Waals surface area (Å²) in [6.07, 6.45) is 0.889. The average Bonchev–Trinajstić information content (AvgIpc) is 2.60. The van der Waals surface area contributed by atoms with Gasteiger partial charge in [-0.1, -0.05) is 12.1 Å². The highest BCUT2D eigenvalue weighted by Gasteiger charge is 2.29. The van der Waals surface area contributed by atoms with E-state index in [9.17, 15) is 14.0 Å². The van der Waals surface area contributed by atoms with Gasteiger partial charge in [0.05, 0.1) is 12.5 Å². The molecule has 1 aliphatic rings. The van der Waals surface area contributed by atoms with Crippen molar-refractivity contribution in [3.8, 4) is 0 Å². The standard InChI is InChI=1S/C12H13FN2O2/c13-9-3-1-8(2-4-9)5-6-14-10-7-11(16)15-12(10)17/h1-4,10,14H,5-7H2,(H,15,16,17). The van der Waals surface area contributed by atoms with Gasteiger partial charge in [-0.2, -0.15) is 0 Å². The van der Waals surface area contributed by atoms with Crippen LogP contribution in [0.2, 0.25) is 0 Å². The molecule has 90 valence electrons. The zero-order valence-electron chi connectivity index (χ0n) is 9.20. The first-order valence-corrected chi connectivity index (χ1v) is 5.46. The first kappa shape index (κ1) is 11.7. The van der Waals surface area contributed by atoms with Gasteiger partial charge in [-0.15, -0.1) is 0 Å². The van der Waals surface area contributed by atoms with E-state index in [1.165, 1.54) is 12.1 Å². The molecule has 1 aromatic carbocycles. The first-order chi connectivity index (χ1) is 8.15. The summed E-state index contributed by atoms with van der Waals surface area (Å²) >= 11 is 0. The van der Waals surface area contributed by atoms with E-state index in [0.29, 0.717) is 13.0 Å². The number of nitrogens with one attached hydrogen (secondary N) is 2. The van der Waals surface area contributed by atoms with Crippen molar-refractivity contribution in [1.29, 1.82) is 0 Å². The van der Waals surface area contributed by atoms with Crippen molar-refractivity contribution < 1.29 is 14.0 Å². The molecule has 1 fully saturated rings. The van der Waals surface area contributed by atoms with Gasteiger partial charge in [0.25, 0.3) is 0 Å². The molecular weight excluding hydrogens is 223 g/mol. The van der Waals surface area contributed by atoms with Gasteiger partial charge in [0.15, 0.2) is 0 Å². The van der Waals surface area contributed by atoms with Gasteiger partial charge in [-0.25, -0.2) is 4.39 Å². The van der Waals surface area contributed by atoms with Crippen molar-refractivity contribution in [2.45, 2.75) is 18.9 Å². The molecule has 5 heteroatoms. The SMILES string of the molecule is O=C1CC(NCCc2ccc(F)cc2)C(=O)N1. The minimum atomic E-state index is -0.428. The summed E-state index contributed by atoms with van der Waals surface area (Å²) in [5.74, 6) is -0.772. The van der Waals surface area contributed by atoms with E-state index in [4.69, 9.17) is 0 Å². The third-order valence-corrected chi connectivity index (χ3v) is 2.69. The molecule has 0 aromatic heterocycles. The molecule has 1 aromatic rings. The summed E-state index contributed by atoms with van der Waals surface area (Å²) in [7, 11) is 0. The fourth-order valence-electron chi connectivity index (χ4n) is 1.76. The molecule has 0 spiro atoms. The van der Waals surface area contributed by atoms with E-state index in [-0.39, 0.29) is 24.1 Å². The van der Waals surface area contributed by atoms with Crippen LogP contribution in [0.1, 0.15) is 12.0 Å². The predicted molar refractivity (Wildman–Crippen MR) is 59.7 cm³/mol. The Hall–Kier alpha value is -1.75. The van der Waals surface area contributed by atoms with Gasteiger partial charge in [0.2, 0.25) is 11.8 Å². The highest BCUT2D eigenvalue weighted by Crippen LogP contribution is 2.04. The lowest BCUT2D eigenvalue weighted by Crippen LogP contribution is -2.37. The Bertz CT molecular complexity index is 431. The van der Waals surface area contributed by atoms with Crippen LogP contribution < -0.4 is 10.6 Å². The number of halogens is 1. The number of amides is 2. The smallest absolute Gasteiger partial charge is 0.244 e. The van der Waals surface area contributed by atoms with Crippen LogP contribution in [0.5, 0.6) is 0 Å². The summed E-state index contributed by atoms with van der Waals surface area (Å²) < 4.78 is 12.6. The van der Waals surface area contributed by atoms with Crippen LogP contribution in [0.3, 0.4) is 0 Å². The predicted octanol–water partition coefficient (Wildman–Crippen LogP) is 0.373. The molecule has 1 heterocycles. The maximum Gasteiger partial charge on any atom is 0.244 e. The zero-order chi connectivity index (χ0) is 12.3. The van der Waals surface area contributed by atoms with Gasteiger partial charge in [0.1, 0.15) is 5.82 Å². The Morgan fingerprint density at radius 3 is 2.59 bits per heavy atom. The van der Waals surface area contributed by atoms with E-state index >= 15 is 0 Å². The molecule has 1 saturated heterocycles. The van der Waals surface area contributed by atoms with Crippen molar-refractivity contribution in [1.82, 2.24) is 10.6 Å². The topological polar surface area (TPSA) is 58.2 Å². The van der Waals surface area contributed by atoms with E-state index in [0.717, 1.165) is 5.56 Å². The summed E-state index contributed by atoms with van der Waals surface area (Å²) in [5.41, 5.74) is 0.989. The van der Waals surface area contributed by atoms with Crippen molar-refractivity contribution >= 4 is 11.8 Å². The molecule has 1 aliphatic heterocycles. The van der Waals surface area contributed by atoms with Crippen LogP contribution in [-0.2, 0) is 16.0 Å². The molecule has 2 rings (SSSR count). The van der Waals surface area contributed by atoms with Crippen molar-refractivity contribution in [2.75, 3.05) is 6.54 Å². The number of rotatable bonds is 4. The summed E-state index contributed by atoms with van der Waals surface area (Å²) in [5, 5.41) is 5.23. The third kappa shape index (κ3) is 3.10. The molecule has 2 N–H and O–H groups in total. The summed E-state index contributed by atoms with van der Waals surface area (Å²) in [4.78, 5) is 22.1. The lowest BCUT2D eigenvalue weighted by atomic mass is 10.1. The fraction of sp³-hybridized carbons (Fsp3) is 0.333. The molecule has 17 heavy (non-hydrogen) atoms. The minimum Gasteiger partial charge on any atom is -0.305 e. The maximum atomic E-state index is 12.6. The Kier molecular flexibility index (Phi) is 3.49. The molecule has 0 aliphatic carbocycles. The number of hydrogen-bond acceptors (Lipinski definition) is 3. The van der Waals surface area contributed by atoms with Gasteiger partial charge in [0, 0.05) is 0 Å². The molecule has 4 nitrogen and oxygen atoms in total. The molecule has 0 saturated carbocycles. The Morgan fingerprint density at radius 1 is 1.29 bits per heavy atom. The second-order valence-corrected chi connectivity index (χ2v) is 4.00. The normalized spacial score (nSPS) is 19.5. The molecule has 1 atom stereocenters.